The lowest BCUT2D eigenvalue weighted by molar-refractivity contribution is -0.120. The Balaban J connectivity index is 2.69. The molecule has 0 saturated heterocycles. The number of carbonyl (C=O) groups excluding carboxylic acids is 1. The minimum Gasteiger partial charge on any atom is -0.497 e. The monoisotopic (exact) mass is 240 g/mol. The van der Waals surface area contributed by atoms with Crippen molar-refractivity contribution in [1.29, 1.82) is 0 Å². The average molecular weight is 240 g/mol. The van der Waals surface area contributed by atoms with Gasteiger partial charge in [-0.05, 0) is 18.2 Å². The molecule has 0 radical (unpaired) electrons. The van der Waals surface area contributed by atoms with Crippen LogP contribution in [0, 0.1) is 5.92 Å². The van der Waals surface area contributed by atoms with E-state index in [0.717, 1.165) is 10.6 Å². The van der Waals surface area contributed by atoms with Gasteiger partial charge in [0.05, 0.1) is 7.11 Å². The molecule has 0 saturated carbocycles. The number of nitrogen functional groups attached to an aromatic ring is 1. The van der Waals surface area contributed by atoms with Gasteiger partial charge in [0.1, 0.15) is 5.75 Å². The van der Waals surface area contributed by atoms with Gasteiger partial charge in [0.2, 0.25) is 5.91 Å². The summed E-state index contributed by atoms with van der Waals surface area (Å²) < 4.78 is 5.10. The van der Waals surface area contributed by atoms with E-state index in [4.69, 9.17) is 16.2 Å². The quantitative estimate of drug-likeness (QED) is 0.603. The van der Waals surface area contributed by atoms with Crippen molar-refractivity contribution in [3.63, 3.8) is 0 Å². The summed E-state index contributed by atoms with van der Waals surface area (Å²) in [5.74, 6) is 0.903. The summed E-state index contributed by atoms with van der Waals surface area (Å²) in [6.45, 7) is 1.80. The number of anilines is 1. The first kappa shape index (κ1) is 12.7. The fourth-order valence-corrected chi connectivity index (χ4v) is 2.09. The second kappa shape index (κ2) is 5.65. The largest absolute Gasteiger partial charge is 0.497 e. The Morgan fingerprint density at radius 2 is 2.25 bits per heavy atom. The lowest BCUT2D eigenvalue weighted by atomic mass is 10.2. The number of amides is 1. The molecule has 0 fully saturated rings. The van der Waals surface area contributed by atoms with Gasteiger partial charge >= 0.3 is 0 Å². The zero-order chi connectivity index (χ0) is 12.1. The third-order valence-corrected chi connectivity index (χ3v) is 3.53. The molecule has 0 heterocycles. The highest BCUT2D eigenvalue weighted by molar-refractivity contribution is 7.99. The van der Waals surface area contributed by atoms with Crippen LogP contribution in [0.5, 0.6) is 5.75 Å². The third-order valence-electron chi connectivity index (χ3n) is 2.20. The van der Waals surface area contributed by atoms with E-state index in [-0.39, 0.29) is 11.8 Å². The fourth-order valence-electron chi connectivity index (χ4n) is 1.06. The molecule has 0 aromatic heterocycles. The Kier molecular flexibility index (Phi) is 4.49. The summed E-state index contributed by atoms with van der Waals surface area (Å²) in [4.78, 5) is 11.8. The first-order chi connectivity index (χ1) is 7.54. The Morgan fingerprint density at radius 1 is 1.56 bits per heavy atom. The van der Waals surface area contributed by atoms with Gasteiger partial charge in [-0.2, -0.15) is 0 Å². The minimum atomic E-state index is -0.297. The zero-order valence-corrected chi connectivity index (χ0v) is 10.2. The van der Waals surface area contributed by atoms with E-state index >= 15 is 0 Å². The van der Waals surface area contributed by atoms with Gasteiger partial charge in [-0.1, -0.05) is 6.92 Å². The molecule has 0 aliphatic carbocycles. The van der Waals surface area contributed by atoms with Gasteiger partial charge in [-0.15, -0.1) is 11.8 Å². The van der Waals surface area contributed by atoms with Gasteiger partial charge in [0, 0.05) is 22.3 Å². The average Bonchev–Trinajstić information content (AvgIpc) is 2.27. The summed E-state index contributed by atoms with van der Waals surface area (Å²) in [5, 5.41) is 0. The fraction of sp³-hybridized carbons (Fsp3) is 0.364. The summed E-state index contributed by atoms with van der Waals surface area (Å²) in [5.41, 5.74) is 11.7. The van der Waals surface area contributed by atoms with Crippen LogP contribution in [0.15, 0.2) is 23.1 Å². The lowest BCUT2D eigenvalue weighted by Gasteiger charge is -2.10. The standard InChI is InChI=1S/C11H16N2O2S/c1-7(11(13)14)6-16-10-5-8(15-2)3-4-9(10)12/h3-5,7H,6,12H2,1-2H3,(H2,13,14). The number of benzene rings is 1. The van der Waals surface area contributed by atoms with Gasteiger partial charge in [0.25, 0.3) is 0 Å². The molecule has 1 rings (SSSR count). The van der Waals surface area contributed by atoms with E-state index in [2.05, 4.69) is 0 Å². The summed E-state index contributed by atoms with van der Waals surface area (Å²) in [7, 11) is 1.60. The topological polar surface area (TPSA) is 78.3 Å². The summed E-state index contributed by atoms with van der Waals surface area (Å²) >= 11 is 1.51. The molecule has 1 aromatic rings. The van der Waals surface area contributed by atoms with Crippen molar-refractivity contribution in [2.75, 3.05) is 18.6 Å². The maximum absolute atomic E-state index is 10.9. The molecule has 0 aliphatic rings. The second-order valence-electron chi connectivity index (χ2n) is 3.52. The first-order valence-corrected chi connectivity index (χ1v) is 5.88. The lowest BCUT2D eigenvalue weighted by Crippen LogP contribution is -2.22. The highest BCUT2D eigenvalue weighted by Gasteiger charge is 2.10. The molecule has 4 nitrogen and oxygen atoms in total. The number of nitrogens with two attached hydrogens (primary N) is 2. The summed E-state index contributed by atoms with van der Waals surface area (Å²) in [6.07, 6.45) is 0. The molecule has 0 aliphatic heterocycles. The highest BCUT2D eigenvalue weighted by atomic mass is 32.2. The van der Waals surface area contributed by atoms with Gasteiger partial charge in [-0.3, -0.25) is 4.79 Å². The molecule has 1 unspecified atom stereocenters. The molecule has 1 atom stereocenters. The van der Waals surface area contributed by atoms with E-state index in [9.17, 15) is 4.79 Å². The van der Waals surface area contributed by atoms with E-state index < -0.39 is 0 Å². The first-order valence-electron chi connectivity index (χ1n) is 4.90. The van der Waals surface area contributed by atoms with Crippen molar-refractivity contribution in [3.05, 3.63) is 18.2 Å². The minimum absolute atomic E-state index is 0.171. The highest BCUT2D eigenvalue weighted by Crippen LogP contribution is 2.30. The van der Waals surface area contributed by atoms with Crippen LogP contribution >= 0.6 is 11.8 Å². The van der Waals surface area contributed by atoms with Gasteiger partial charge in [-0.25, -0.2) is 0 Å². The Bertz CT molecular complexity index is 382. The zero-order valence-electron chi connectivity index (χ0n) is 9.40. The van der Waals surface area contributed by atoms with Crippen LogP contribution in [0.4, 0.5) is 5.69 Å². The predicted octanol–water partition coefficient (Wildman–Crippen LogP) is 1.49. The molecular formula is C11H16N2O2S. The molecule has 16 heavy (non-hydrogen) atoms. The van der Waals surface area contributed by atoms with E-state index in [0.29, 0.717) is 11.4 Å². The number of carbonyl (C=O) groups is 1. The maximum atomic E-state index is 10.9. The van der Waals surface area contributed by atoms with Crippen LogP contribution in [0.1, 0.15) is 6.92 Å². The number of hydrogen-bond donors (Lipinski definition) is 2. The SMILES string of the molecule is COc1ccc(N)c(SCC(C)C(N)=O)c1. The molecule has 0 spiro atoms. The molecule has 1 aromatic carbocycles. The van der Waals surface area contributed by atoms with Crippen LogP contribution in [0.2, 0.25) is 0 Å². The Labute approximate surface area is 99.3 Å². The molecule has 4 N–H and O–H groups in total. The van der Waals surface area contributed by atoms with E-state index in [1.165, 1.54) is 11.8 Å². The molecule has 5 heteroatoms. The van der Waals surface area contributed by atoms with Gasteiger partial charge < -0.3 is 16.2 Å². The molecule has 1 amide bonds. The van der Waals surface area contributed by atoms with E-state index in [1.807, 2.05) is 6.07 Å². The predicted molar refractivity (Wildman–Crippen MR) is 66.5 cm³/mol. The maximum Gasteiger partial charge on any atom is 0.221 e. The molecule has 0 bridgehead atoms. The van der Waals surface area contributed by atoms with Crippen molar-refractivity contribution in [1.82, 2.24) is 0 Å². The number of ether oxygens (including phenoxy) is 1. The van der Waals surface area contributed by atoms with Crippen molar-refractivity contribution in [2.24, 2.45) is 11.7 Å². The van der Waals surface area contributed by atoms with Crippen LogP contribution in [-0.4, -0.2) is 18.8 Å². The number of thioether (sulfide) groups is 1. The number of methoxy groups -OCH3 is 1. The van der Waals surface area contributed by atoms with Crippen molar-refractivity contribution in [2.45, 2.75) is 11.8 Å². The summed E-state index contributed by atoms with van der Waals surface area (Å²) in [6, 6.07) is 5.45. The van der Waals surface area contributed by atoms with Crippen LogP contribution < -0.4 is 16.2 Å². The van der Waals surface area contributed by atoms with Crippen molar-refractivity contribution >= 4 is 23.4 Å². The second-order valence-corrected chi connectivity index (χ2v) is 4.58. The number of primary amides is 1. The number of rotatable bonds is 5. The van der Waals surface area contributed by atoms with Gasteiger partial charge in [0.15, 0.2) is 0 Å². The van der Waals surface area contributed by atoms with Crippen LogP contribution in [-0.2, 0) is 4.79 Å². The van der Waals surface area contributed by atoms with Crippen molar-refractivity contribution < 1.29 is 9.53 Å². The van der Waals surface area contributed by atoms with Crippen LogP contribution in [0.25, 0.3) is 0 Å². The Hall–Kier alpha value is -1.36. The van der Waals surface area contributed by atoms with Crippen molar-refractivity contribution in [3.8, 4) is 5.75 Å². The third kappa shape index (κ3) is 3.34. The van der Waals surface area contributed by atoms with Crippen LogP contribution in [0.3, 0.4) is 0 Å². The smallest absolute Gasteiger partial charge is 0.221 e. The van der Waals surface area contributed by atoms with E-state index in [1.54, 1.807) is 26.2 Å². The number of hydrogen-bond acceptors (Lipinski definition) is 4. The molecular weight excluding hydrogens is 224 g/mol. The normalized spacial score (nSPS) is 12.1. The Morgan fingerprint density at radius 3 is 2.81 bits per heavy atom. The molecule has 88 valence electrons.